The number of carbonyl (C=O) groups excluding carboxylic acids is 1. The molecule has 1 amide bonds. The lowest BCUT2D eigenvalue weighted by atomic mass is 10.2. The number of amides is 1. The molecule has 0 radical (unpaired) electrons. The van der Waals surface area contributed by atoms with Crippen molar-refractivity contribution in [3.63, 3.8) is 0 Å². The van der Waals surface area contributed by atoms with E-state index in [-0.39, 0.29) is 53.1 Å². The van der Waals surface area contributed by atoms with Crippen molar-refractivity contribution in [2.75, 3.05) is 38.7 Å². The lowest BCUT2D eigenvalue weighted by Crippen LogP contribution is -2.40. The standard InChI is InChI=1S/C18H21N3O7S2/c1-19-29(24,25)14-4-2-13(3-5-14)20-18(23)16-12-15(6-7-17(16)22)30(26,27)21-8-10-28-11-9-21/h2-7,12,19,22H,8-11H2,1H3,(H,20,23). The van der Waals surface area contributed by atoms with Gasteiger partial charge in [-0.05, 0) is 49.5 Å². The molecule has 2 aromatic carbocycles. The summed E-state index contributed by atoms with van der Waals surface area (Å²) in [4.78, 5) is 12.5. The molecule has 10 nitrogen and oxygen atoms in total. The van der Waals surface area contributed by atoms with Gasteiger partial charge < -0.3 is 15.2 Å². The molecule has 0 aliphatic carbocycles. The molecule has 1 fully saturated rings. The van der Waals surface area contributed by atoms with Crippen molar-refractivity contribution in [1.29, 1.82) is 0 Å². The van der Waals surface area contributed by atoms with Crippen LogP contribution in [0.25, 0.3) is 0 Å². The maximum atomic E-state index is 12.8. The van der Waals surface area contributed by atoms with Gasteiger partial charge in [0.1, 0.15) is 5.75 Å². The smallest absolute Gasteiger partial charge is 0.259 e. The van der Waals surface area contributed by atoms with Crippen molar-refractivity contribution in [2.45, 2.75) is 9.79 Å². The first-order valence-corrected chi connectivity index (χ1v) is 11.8. The van der Waals surface area contributed by atoms with Crippen molar-refractivity contribution >= 4 is 31.6 Å². The molecule has 30 heavy (non-hydrogen) atoms. The Bertz CT molecular complexity index is 1140. The van der Waals surface area contributed by atoms with Gasteiger partial charge in [-0.2, -0.15) is 4.31 Å². The number of rotatable bonds is 6. The lowest BCUT2D eigenvalue weighted by Gasteiger charge is -2.26. The molecule has 0 aromatic heterocycles. The summed E-state index contributed by atoms with van der Waals surface area (Å²) < 4.78 is 57.7. The molecule has 1 aliphatic rings. The highest BCUT2D eigenvalue weighted by Gasteiger charge is 2.27. The van der Waals surface area contributed by atoms with Gasteiger partial charge in [-0.1, -0.05) is 0 Å². The Morgan fingerprint density at radius 1 is 1.00 bits per heavy atom. The van der Waals surface area contributed by atoms with Crippen molar-refractivity contribution < 1.29 is 31.5 Å². The van der Waals surface area contributed by atoms with Gasteiger partial charge in [0.2, 0.25) is 20.0 Å². The van der Waals surface area contributed by atoms with Crippen molar-refractivity contribution in [1.82, 2.24) is 9.03 Å². The molecule has 0 spiro atoms. The van der Waals surface area contributed by atoms with Crippen LogP contribution >= 0.6 is 0 Å². The topological polar surface area (TPSA) is 142 Å². The predicted octanol–water partition coefficient (Wildman–Crippen LogP) is 0.574. The first-order valence-electron chi connectivity index (χ1n) is 8.91. The number of sulfonamides is 2. The van der Waals surface area contributed by atoms with Gasteiger partial charge in [0.15, 0.2) is 0 Å². The van der Waals surface area contributed by atoms with Crippen LogP contribution in [-0.4, -0.2) is 65.5 Å². The zero-order valence-electron chi connectivity index (χ0n) is 16.0. The average molecular weight is 456 g/mol. The number of hydrogen-bond acceptors (Lipinski definition) is 7. The molecule has 1 aliphatic heterocycles. The molecular weight excluding hydrogens is 434 g/mol. The Balaban J connectivity index is 1.83. The van der Waals surface area contributed by atoms with E-state index in [1.54, 1.807) is 0 Å². The van der Waals surface area contributed by atoms with Crippen LogP contribution in [0.1, 0.15) is 10.4 Å². The van der Waals surface area contributed by atoms with Crippen molar-refractivity contribution in [3.8, 4) is 5.75 Å². The van der Waals surface area contributed by atoms with E-state index in [4.69, 9.17) is 4.74 Å². The van der Waals surface area contributed by atoms with Crippen LogP contribution in [0.3, 0.4) is 0 Å². The Hall–Kier alpha value is -2.51. The fraction of sp³-hybridized carbons (Fsp3) is 0.278. The second kappa shape index (κ2) is 8.70. The van der Waals surface area contributed by atoms with Gasteiger partial charge in [0.05, 0.1) is 28.6 Å². The maximum absolute atomic E-state index is 12.8. The van der Waals surface area contributed by atoms with E-state index in [2.05, 4.69) is 10.0 Å². The normalized spacial score (nSPS) is 15.6. The largest absolute Gasteiger partial charge is 0.507 e. The number of carbonyl (C=O) groups is 1. The Morgan fingerprint density at radius 3 is 2.20 bits per heavy atom. The minimum absolute atomic E-state index is 0.0180. The lowest BCUT2D eigenvalue weighted by molar-refractivity contribution is 0.0730. The average Bonchev–Trinajstić information content (AvgIpc) is 2.75. The fourth-order valence-corrected chi connectivity index (χ4v) is 4.99. The molecule has 162 valence electrons. The summed E-state index contributed by atoms with van der Waals surface area (Å²) in [7, 11) is -6.18. The minimum Gasteiger partial charge on any atom is -0.507 e. The maximum Gasteiger partial charge on any atom is 0.259 e. The number of ether oxygens (including phenoxy) is 1. The minimum atomic E-state index is -3.84. The van der Waals surface area contributed by atoms with E-state index in [1.165, 1.54) is 41.7 Å². The third kappa shape index (κ3) is 4.63. The molecule has 0 saturated carbocycles. The molecule has 3 rings (SSSR count). The predicted molar refractivity (Wildman–Crippen MR) is 108 cm³/mol. The van der Waals surface area contributed by atoms with Gasteiger partial charge in [0, 0.05) is 18.8 Å². The summed E-state index contributed by atoms with van der Waals surface area (Å²) >= 11 is 0. The third-order valence-corrected chi connectivity index (χ3v) is 7.84. The van der Waals surface area contributed by atoms with Crippen LogP contribution < -0.4 is 10.0 Å². The van der Waals surface area contributed by atoms with Crippen LogP contribution in [0.15, 0.2) is 52.3 Å². The van der Waals surface area contributed by atoms with E-state index in [1.807, 2.05) is 0 Å². The second-order valence-electron chi connectivity index (χ2n) is 6.38. The molecule has 0 bridgehead atoms. The van der Waals surface area contributed by atoms with Gasteiger partial charge >= 0.3 is 0 Å². The van der Waals surface area contributed by atoms with E-state index in [0.717, 1.165) is 12.1 Å². The number of hydrogen-bond donors (Lipinski definition) is 3. The Morgan fingerprint density at radius 2 is 1.60 bits per heavy atom. The summed E-state index contributed by atoms with van der Waals surface area (Å²) in [6.45, 7) is 0.965. The summed E-state index contributed by atoms with van der Waals surface area (Å²) in [6.07, 6.45) is 0. The fourth-order valence-electron chi connectivity index (χ4n) is 2.83. The second-order valence-corrected chi connectivity index (χ2v) is 10.2. The molecule has 2 aromatic rings. The molecule has 0 unspecified atom stereocenters. The highest BCUT2D eigenvalue weighted by Crippen LogP contribution is 2.25. The highest BCUT2D eigenvalue weighted by molar-refractivity contribution is 7.89. The number of phenols is 1. The molecular formula is C18H21N3O7S2. The van der Waals surface area contributed by atoms with E-state index < -0.39 is 26.0 Å². The zero-order chi connectivity index (χ0) is 21.9. The Kier molecular flexibility index (Phi) is 6.43. The monoisotopic (exact) mass is 455 g/mol. The molecule has 12 heteroatoms. The Labute approximate surface area is 174 Å². The van der Waals surface area contributed by atoms with Crippen LogP contribution in [-0.2, 0) is 24.8 Å². The molecule has 0 atom stereocenters. The van der Waals surface area contributed by atoms with E-state index in [0.29, 0.717) is 0 Å². The third-order valence-electron chi connectivity index (χ3n) is 4.51. The molecule has 3 N–H and O–H groups in total. The number of benzene rings is 2. The number of anilines is 1. The zero-order valence-corrected chi connectivity index (χ0v) is 17.7. The van der Waals surface area contributed by atoms with E-state index >= 15 is 0 Å². The number of aromatic hydroxyl groups is 1. The van der Waals surface area contributed by atoms with Crippen LogP contribution in [0.5, 0.6) is 5.75 Å². The van der Waals surface area contributed by atoms with Crippen LogP contribution in [0.2, 0.25) is 0 Å². The van der Waals surface area contributed by atoms with E-state index in [9.17, 15) is 26.7 Å². The number of nitrogens with zero attached hydrogens (tertiary/aromatic N) is 1. The highest BCUT2D eigenvalue weighted by atomic mass is 32.2. The molecule has 1 saturated heterocycles. The number of nitrogens with one attached hydrogen (secondary N) is 2. The first kappa shape index (κ1) is 22.2. The summed E-state index contributed by atoms with van der Waals surface area (Å²) in [6, 6.07) is 8.86. The quantitative estimate of drug-likeness (QED) is 0.578. The first-order chi connectivity index (χ1) is 14.1. The van der Waals surface area contributed by atoms with Gasteiger partial charge in [-0.3, -0.25) is 4.79 Å². The summed E-state index contributed by atoms with van der Waals surface area (Å²) in [5.41, 5.74) is 0.0483. The van der Waals surface area contributed by atoms with Gasteiger partial charge in [0.25, 0.3) is 5.91 Å². The van der Waals surface area contributed by atoms with Crippen molar-refractivity contribution in [2.24, 2.45) is 0 Å². The summed E-state index contributed by atoms with van der Waals surface area (Å²) in [5, 5.41) is 12.6. The van der Waals surface area contributed by atoms with Crippen LogP contribution in [0.4, 0.5) is 5.69 Å². The number of morpholine rings is 1. The van der Waals surface area contributed by atoms with Gasteiger partial charge in [-0.25, -0.2) is 21.6 Å². The SMILES string of the molecule is CNS(=O)(=O)c1ccc(NC(=O)c2cc(S(=O)(=O)N3CCOCC3)ccc2O)cc1. The number of phenolic OH excluding ortho intramolecular Hbond substituents is 1. The van der Waals surface area contributed by atoms with Gasteiger partial charge in [-0.15, -0.1) is 0 Å². The summed E-state index contributed by atoms with van der Waals surface area (Å²) in [5.74, 6) is -1.13. The van der Waals surface area contributed by atoms with Crippen molar-refractivity contribution in [3.05, 3.63) is 48.0 Å². The van der Waals surface area contributed by atoms with Crippen LogP contribution in [0, 0.1) is 0 Å². The molecule has 1 heterocycles.